The minimum atomic E-state index is -0.0401. The molecule has 3 rings (SSSR count). The van der Waals surface area contributed by atoms with Gasteiger partial charge in [-0.3, -0.25) is 9.79 Å². The molecule has 148 valence electrons. The van der Waals surface area contributed by atoms with Crippen LogP contribution in [-0.2, 0) is 12.0 Å². The Hall–Kier alpha value is -2.82. The largest absolute Gasteiger partial charge is 0.356 e. The van der Waals surface area contributed by atoms with Crippen molar-refractivity contribution in [3.8, 4) is 0 Å². The molecular formula is C23H30N4O. The van der Waals surface area contributed by atoms with Crippen molar-refractivity contribution in [1.29, 1.82) is 0 Å². The van der Waals surface area contributed by atoms with Gasteiger partial charge < -0.3 is 16.0 Å². The van der Waals surface area contributed by atoms with Gasteiger partial charge in [0.05, 0.1) is 0 Å². The maximum absolute atomic E-state index is 12.0. The monoisotopic (exact) mass is 378 g/mol. The lowest BCUT2D eigenvalue weighted by molar-refractivity contribution is 0.0955. The highest BCUT2D eigenvalue weighted by molar-refractivity contribution is 5.94. The predicted molar refractivity (Wildman–Crippen MR) is 115 cm³/mol. The van der Waals surface area contributed by atoms with Crippen LogP contribution >= 0.6 is 0 Å². The third-order valence-corrected chi connectivity index (χ3v) is 5.50. The first kappa shape index (κ1) is 19.9. The summed E-state index contributed by atoms with van der Waals surface area (Å²) in [5.74, 6) is 0.743. The van der Waals surface area contributed by atoms with E-state index in [9.17, 15) is 4.79 Å². The van der Waals surface area contributed by atoms with Crippen LogP contribution in [0.2, 0.25) is 0 Å². The summed E-state index contributed by atoms with van der Waals surface area (Å²) < 4.78 is 0. The summed E-state index contributed by atoms with van der Waals surface area (Å²) in [7, 11) is 1.79. The molecule has 0 aliphatic heterocycles. The van der Waals surface area contributed by atoms with Gasteiger partial charge in [0.1, 0.15) is 0 Å². The van der Waals surface area contributed by atoms with Gasteiger partial charge in [-0.25, -0.2) is 0 Å². The highest BCUT2D eigenvalue weighted by Gasteiger charge is 2.38. The highest BCUT2D eigenvalue weighted by Crippen LogP contribution is 2.43. The van der Waals surface area contributed by atoms with E-state index in [4.69, 9.17) is 0 Å². The van der Waals surface area contributed by atoms with Gasteiger partial charge in [0.25, 0.3) is 5.91 Å². The summed E-state index contributed by atoms with van der Waals surface area (Å²) >= 11 is 0. The Morgan fingerprint density at radius 1 is 1.04 bits per heavy atom. The molecule has 0 atom stereocenters. The van der Waals surface area contributed by atoms with Gasteiger partial charge in [0.15, 0.2) is 5.96 Å². The second-order valence-electron chi connectivity index (χ2n) is 7.34. The molecule has 2 aromatic rings. The number of nitrogens with zero attached hydrogens (tertiary/aromatic N) is 1. The Kier molecular flexibility index (Phi) is 6.69. The summed E-state index contributed by atoms with van der Waals surface area (Å²) in [4.78, 5) is 16.4. The summed E-state index contributed by atoms with van der Waals surface area (Å²) in [6, 6.07) is 18.4. The molecule has 28 heavy (non-hydrogen) atoms. The molecule has 3 N–H and O–H groups in total. The SMILES string of the molecule is CCNC(=O)c1cccc(CNC(=NC)NCC2(c3ccccc3)CCC2)c1. The molecule has 1 amide bonds. The Balaban J connectivity index is 1.57. The molecule has 0 bridgehead atoms. The third kappa shape index (κ3) is 4.71. The van der Waals surface area contributed by atoms with Crippen LogP contribution in [0.3, 0.4) is 0 Å². The zero-order valence-corrected chi connectivity index (χ0v) is 16.8. The number of guanidine groups is 1. The quantitative estimate of drug-likeness (QED) is 0.512. The lowest BCUT2D eigenvalue weighted by atomic mass is 9.64. The van der Waals surface area contributed by atoms with Crippen LogP contribution in [-0.4, -0.2) is 32.0 Å². The van der Waals surface area contributed by atoms with Crippen molar-refractivity contribution in [3.05, 3.63) is 71.3 Å². The number of amides is 1. The van der Waals surface area contributed by atoms with Crippen molar-refractivity contribution >= 4 is 11.9 Å². The average Bonchev–Trinajstić information content (AvgIpc) is 2.70. The minimum absolute atomic E-state index is 0.0401. The summed E-state index contributed by atoms with van der Waals surface area (Å²) in [5.41, 5.74) is 3.34. The molecule has 0 saturated heterocycles. The number of carbonyl (C=O) groups is 1. The lowest BCUT2D eigenvalue weighted by Gasteiger charge is -2.43. The Bertz CT molecular complexity index is 812. The van der Waals surface area contributed by atoms with Gasteiger partial charge >= 0.3 is 0 Å². The molecule has 0 aromatic heterocycles. The van der Waals surface area contributed by atoms with Gasteiger partial charge in [0.2, 0.25) is 0 Å². The third-order valence-electron chi connectivity index (χ3n) is 5.50. The second kappa shape index (κ2) is 9.40. The van der Waals surface area contributed by atoms with Gasteiger partial charge in [-0.15, -0.1) is 0 Å². The molecule has 0 heterocycles. The summed E-state index contributed by atoms with van der Waals surface area (Å²) in [5, 5.41) is 9.70. The van der Waals surface area contributed by atoms with E-state index < -0.39 is 0 Å². The standard InChI is InChI=1S/C23H30N4O/c1-3-25-21(28)19-10-7-9-18(15-19)16-26-22(24-2)27-17-23(13-8-14-23)20-11-5-4-6-12-20/h4-7,9-12,15H,3,8,13-14,16-17H2,1-2H3,(H,25,28)(H2,24,26,27). The topological polar surface area (TPSA) is 65.5 Å². The van der Waals surface area contributed by atoms with Crippen molar-refractivity contribution in [2.75, 3.05) is 20.1 Å². The molecule has 0 radical (unpaired) electrons. The van der Waals surface area contributed by atoms with Crippen molar-refractivity contribution in [1.82, 2.24) is 16.0 Å². The number of hydrogen-bond acceptors (Lipinski definition) is 2. The molecule has 1 aliphatic rings. The Morgan fingerprint density at radius 3 is 2.46 bits per heavy atom. The highest BCUT2D eigenvalue weighted by atomic mass is 16.1. The summed E-state index contributed by atoms with van der Waals surface area (Å²) in [6.45, 7) is 4.03. The maximum atomic E-state index is 12.0. The first-order chi connectivity index (χ1) is 13.7. The van der Waals surface area contributed by atoms with Crippen LogP contribution < -0.4 is 16.0 Å². The molecule has 1 fully saturated rings. The normalized spacial score (nSPS) is 15.4. The lowest BCUT2D eigenvalue weighted by Crippen LogP contribution is -2.48. The van der Waals surface area contributed by atoms with Crippen LogP contribution in [0.1, 0.15) is 47.7 Å². The number of aliphatic imine (C=N–C) groups is 1. The zero-order valence-electron chi connectivity index (χ0n) is 16.8. The van der Waals surface area contributed by atoms with E-state index in [1.54, 1.807) is 7.05 Å². The van der Waals surface area contributed by atoms with E-state index in [1.807, 2.05) is 31.2 Å². The summed E-state index contributed by atoms with van der Waals surface area (Å²) in [6.07, 6.45) is 3.68. The van der Waals surface area contributed by atoms with Crippen LogP contribution in [0.5, 0.6) is 0 Å². The molecule has 1 aliphatic carbocycles. The smallest absolute Gasteiger partial charge is 0.251 e. The Labute approximate surface area is 167 Å². The van der Waals surface area contributed by atoms with Crippen molar-refractivity contribution < 1.29 is 4.79 Å². The van der Waals surface area contributed by atoms with Crippen molar-refractivity contribution in [2.24, 2.45) is 4.99 Å². The van der Waals surface area contributed by atoms with E-state index in [0.29, 0.717) is 18.7 Å². The maximum Gasteiger partial charge on any atom is 0.251 e. The van der Waals surface area contributed by atoms with Crippen LogP contribution in [0.4, 0.5) is 0 Å². The van der Waals surface area contributed by atoms with Gasteiger partial charge in [-0.05, 0) is 43.0 Å². The van der Waals surface area contributed by atoms with Gasteiger partial charge in [-0.2, -0.15) is 0 Å². The number of benzene rings is 2. The van der Waals surface area contributed by atoms with Gasteiger partial charge in [-0.1, -0.05) is 48.9 Å². The number of rotatable bonds is 7. The molecule has 2 aromatic carbocycles. The predicted octanol–water partition coefficient (Wildman–Crippen LogP) is 3.22. The number of hydrogen-bond donors (Lipinski definition) is 3. The minimum Gasteiger partial charge on any atom is -0.356 e. The molecular weight excluding hydrogens is 348 g/mol. The van der Waals surface area contributed by atoms with E-state index in [2.05, 4.69) is 51.3 Å². The van der Waals surface area contributed by atoms with E-state index in [0.717, 1.165) is 18.1 Å². The zero-order chi connectivity index (χ0) is 19.8. The fourth-order valence-corrected chi connectivity index (χ4v) is 3.71. The molecule has 0 unspecified atom stereocenters. The molecule has 5 nitrogen and oxygen atoms in total. The fourth-order valence-electron chi connectivity index (χ4n) is 3.71. The van der Waals surface area contributed by atoms with Crippen LogP contribution in [0.25, 0.3) is 0 Å². The number of nitrogens with one attached hydrogen (secondary N) is 3. The first-order valence-corrected chi connectivity index (χ1v) is 10.0. The van der Waals surface area contributed by atoms with E-state index >= 15 is 0 Å². The van der Waals surface area contributed by atoms with Crippen molar-refractivity contribution in [2.45, 2.75) is 38.1 Å². The second-order valence-corrected chi connectivity index (χ2v) is 7.34. The molecule has 0 spiro atoms. The van der Waals surface area contributed by atoms with Crippen molar-refractivity contribution in [3.63, 3.8) is 0 Å². The average molecular weight is 379 g/mol. The van der Waals surface area contributed by atoms with Crippen LogP contribution in [0, 0.1) is 0 Å². The Morgan fingerprint density at radius 2 is 1.82 bits per heavy atom. The fraction of sp³-hybridized carbons (Fsp3) is 0.391. The van der Waals surface area contributed by atoms with E-state index in [-0.39, 0.29) is 11.3 Å². The van der Waals surface area contributed by atoms with Gasteiger partial charge in [0, 0.05) is 37.7 Å². The molecule has 1 saturated carbocycles. The molecule has 5 heteroatoms. The first-order valence-electron chi connectivity index (χ1n) is 10.0. The van der Waals surface area contributed by atoms with Crippen LogP contribution in [0.15, 0.2) is 59.6 Å². The number of carbonyl (C=O) groups excluding carboxylic acids is 1. The van der Waals surface area contributed by atoms with E-state index in [1.165, 1.54) is 24.8 Å².